The summed E-state index contributed by atoms with van der Waals surface area (Å²) in [6.45, 7) is 1.70. The van der Waals surface area contributed by atoms with Crippen molar-refractivity contribution in [2.75, 3.05) is 7.11 Å². The Kier molecular flexibility index (Phi) is 4.61. The van der Waals surface area contributed by atoms with Gasteiger partial charge in [0, 0.05) is 12.1 Å². The van der Waals surface area contributed by atoms with Crippen molar-refractivity contribution in [3.63, 3.8) is 0 Å². The monoisotopic (exact) mass is 353 g/mol. The van der Waals surface area contributed by atoms with E-state index >= 15 is 0 Å². The lowest BCUT2D eigenvalue weighted by Crippen LogP contribution is -2.13. The summed E-state index contributed by atoms with van der Waals surface area (Å²) in [6.07, 6.45) is 0. The number of non-ortho nitro benzene ring substituents is 1. The largest absolute Gasteiger partial charge is 0.497 e. The molecule has 1 aromatic heterocycles. The first-order valence-electron chi connectivity index (χ1n) is 7.62. The van der Waals surface area contributed by atoms with Crippen LogP contribution in [0.5, 0.6) is 5.75 Å². The Morgan fingerprint density at radius 1 is 1.08 bits per heavy atom. The summed E-state index contributed by atoms with van der Waals surface area (Å²) in [5.41, 5.74) is 1.30. The number of nitrogens with zero attached hydrogens (tertiary/aromatic N) is 4. The molecule has 0 atom stereocenters. The molecule has 0 unspecified atom stereocenters. The molecule has 0 aliphatic heterocycles. The summed E-state index contributed by atoms with van der Waals surface area (Å²) in [5, 5.41) is 21.7. The number of H-pyrrole nitrogens is 1. The highest BCUT2D eigenvalue weighted by Crippen LogP contribution is 2.22. The summed E-state index contributed by atoms with van der Waals surface area (Å²) in [6, 6.07) is 12.6. The Balaban J connectivity index is 1.91. The molecule has 3 rings (SSSR count). The van der Waals surface area contributed by atoms with Crippen molar-refractivity contribution in [1.29, 1.82) is 0 Å². The molecule has 0 saturated carbocycles. The van der Waals surface area contributed by atoms with Crippen LogP contribution in [0.2, 0.25) is 0 Å². The van der Waals surface area contributed by atoms with E-state index in [1.807, 2.05) is 0 Å². The summed E-state index contributed by atoms with van der Waals surface area (Å²) in [4.78, 5) is 22.8. The standard InChI is InChI=1S/C17H15N5O4/c1-11-16(19-18-12-3-9-15(26-2)10-4-12)17(23)21(20-11)13-5-7-14(8-6-13)22(24)25/h3-10,20H,1-2H3. The van der Waals surface area contributed by atoms with Gasteiger partial charge in [0.05, 0.1) is 29.1 Å². The third-order valence-corrected chi connectivity index (χ3v) is 3.70. The fourth-order valence-electron chi connectivity index (χ4n) is 2.32. The average Bonchev–Trinajstić information content (AvgIpc) is 2.94. The quantitative estimate of drug-likeness (QED) is 0.426. The maximum atomic E-state index is 12.6. The number of nitrogens with one attached hydrogen (secondary N) is 1. The number of rotatable bonds is 5. The van der Waals surface area contributed by atoms with Gasteiger partial charge in [0.1, 0.15) is 5.75 Å². The van der Waals surface area contributed by atoms with Crippen molar-refractivity contribution < 1.29 is 9.66 Å². The summed E-state index contributed by atoms with van der Waals surface area (Å²) in [7, 11) is 1.57. The van der Waals surface area contributed by atoms with Gasteiger partial charge in [-0.1, -0.05) is 0 Å². The summed E-state index contributed by atoms with van der Waals surface area (Å²) < 4.78 is 6.34. The van der Waals surface area contributed by atoms with Crippen LogP contribution < -0.4 is 10.3 Å². The van der Waals surface area contributed by atoms with Gasteiger partial charge in [-0.15, -0.1) is 5.11 Å². The van der Waals surface area contributed by atoms with Gasteiger partial charge in [0.25, 0.3) is 11.2 Å². The van der Waals surface area contributed by atoms with E-state index in [0.29, 0.717) is 22.8 Å². The van der Waals surface area contributed by atoms with E-state index in [9.17, 15) is 14.9 Å². The second-order valence-corrected chi connectivity index (χ2v) is 5.40. The van der Waals surface area contributed by atoms with Crippen LogP contribution in [0.3, 0.4) is 0 Å². The van der Waals surface area contributed by atoms with Gasteiger partial charge in [0.2, 0.25) is 0 Å². The van der Waals surface area contributed by atoms with E-state index in [2.05, 4.69) is 15.3 Å². The Morgan fingerprint density at radius 3 is 2.31 bits per heavy atom. The van der Waals surface area contributed by atoms with Gasteiger partial charge in [-0.2, -0.15) is 5.11 Å². The smallest absolute Gasteiger partial charge is 0.299 e. The minimum absolute atomic E-state index is 0.0514. The van der Waals surface area contributed by atoms with Gasteiger partial charge in [0.15, 0.2) is 5.69 Å². The normalized spacial score (nSPS) is 11.0. The number of hydrogen-bond acceptors (Lipinski definition) is 6. The zero-order chi connectivity index (χ0) is 18.7. The lowest BCUT2D eigenvalue weighted by atomic mass is 10.3. The topological polar surface area (TPSA) is 115 Å². The number of aromatic nitrogens is 2. The van der Waals surface area contributed by atoms with Crippen molar-refractivity contribution in [1.82, 2.24) is 9.78 Å². The van der Waals surface area contributed by atoms with E-state index in [1.165, 1.54) is 28.9 Å². The number of aromatic amines is 1. The predicted molar refractivity (Wildman–Crippen MR) is 95.0 cm³/mol. The Morgan fingerprint density at radius 2 is 1.73 bits per heavy atom. The zero-order valence-electron chi connectivity index (χ0n) is 14.0. The lowest BCUT2D eigenvalue weighted by Gasteiger charge is -2.00. The minimum Gasteiger partial charge on any atom is -0.497 e. The molecule has 9 nitrogen and oxygen atoms in total. The zero-order valence-corrected chi connectivity index (χ0v) is 14.0. The molecule has 0 radical (unpaired) electrons. The fourth-order valence-corrected chi connectivity index (χ4v) is 2.32. The van der Waals surface area contributed by atoms with Crippen molar-refractivity contribution in [3.05, 3.63) is 74.7 Å². The molecule has 0 aliphatic carbocycles. The van der Waals surface area contributed by atoms with Gasteiger partial charge >= 0.3 is 0 Å². The number of hydrogen-bond donors (Lipinski definition) is 1. The van der Waals surface area contributed by atoms with Crippen LogP contribution in [0.15, 0.2) is 63.6 Å². The Bertz CT molecular complexity index is 1020. The van der Waals surface area contributed by atoms with Crippen LogP contribution in [0.25, 0.3) is 5.69 Å². The second kappa shape index (κ2) is 7.01. The van der Waals surface area contributed by atoms with Crippen molar-refractivity contribution in [2.24, 2.45) is 10.2 Å². The number of benzene rings is 2. The molecule has 0 amide bonds. The van der Waals surface area contributed by atoms with Crippen molar-refractivity contribution in [3.8, 4) is 11.4 Å². The average molecular weight is 353 g/mol. The molecule has 3 aromatic rings. The molecular weight excluding hydrogens is 338 g/mol. The van der Waals surface area contributed by atoms with Crippen molar-refractivity contribution >= 4 is 17.1 Å². The van der Waals surface area contributed by atoms with E-state index in [4.69, 9.17) is 4.74 Å². The fraction of sp³-hybridized carbons (Fsp3) is 0.118. The third kappa shape index (κ3) is 3.36. The number of nitro benzene ring substituents is 1. The van der Waals surface area contributed by atoms with Crippen LogP contribution in [0.1, 0.15) is 5.69 Å². The van der Waals surface area contributed by atoms with E-state index < -0.39 is 10.5 Å². The molecule has 0 fully saturated rings. The molecule has 2 aromatic carbocycles. The Hall–Kier alpha value is -3.75. The number of azo groups is 1. The van der Waals surface area contributed by atoms with Crippen molar-refractivity contribution in [2.45, 2.75) is 6.92 Å². The van der Waals surface area contributed by atoms with Gasteiger partial charge in [-0.3, -0.25) is 20.0 Å². The second-order valence-electron chi connectivity index (χ2n) is 5.40. The molecule has 132 valence electrons. The van der Waals surface area contributed by atoms with E-state index in [0.717, 1.165) is 0 Å². The molecule has 0 saturated heterocycles. The third-order valence-electron chi connectivity index (χ3n) is 3.70. The lowest BCUT2D eigenvalue weighted by molar-refractivity contribution is -0.384. The van der Waals surface area contributed by atoms with Crippen LogP contribution in [0.4, 0.5) is 17.1 Å². The highest BCUT2D eigenvalue weighted by molar-refractivity contribution is 5.46. The van der Waals surface area contributed by atoms with E-state index in [1.54, 1.807) is 38.3 Å². The van der Waals surface area contributed by atoms with E-state index in [-0.39, 0.29) is 11.4 Å². The first-order valence-corrected chi connectivity index (χ1v) is 7.62. The van der Waals surface area contributed by atoms with Gasteiger partial charge < -0.3 is 4.74 Å². The van der Waals surface area contributed by atoms with Crippen LogP contribution in [0, 0.1) is 17.0 Å². The molecule has 26 heavy (non-hydrogen) atoms. The summed E-state index contributed by atoms with van der Waals surface area (Å²) >= 11 is 0. The maximum Gasteiger partial charge on any atom is 0.299 e. The van der Waals surface area contributed by atoms with Gasteiger partial charge in [-0.05, 0) is 43.3 Å². The SMILES string of the molecule is COc1ccc(N=Nc2c(C)[nH]n(-c3ccc([N+](=O)[O-])cc3)c2=O)cc1. The number of aryl methyl sites for hydroxylation is 1. The van der Waals surface area contributed by atoms with Crippen LogP contribution in [-0.2, 0) is 0 Å². The Labute approximate surface area is 147 Å². The summed E-state index contributed by atoms with van der Waals surface area (Å²) in [5.74, 6) is 0.697. The number of ether oxygens (including phenoxy) is 1. The molecule has 1 heterocycles. The molecular formula is C17H15N5O4. The number of methoxy groups -OCH3 is 1. The highest BCUT2D eigenvalue weighted by atomic mass is 16.6. The number of nitro groups is 1. The van der Waals surface area contributed by atoms with Crippen LogP contribution in [-0.4, -0.2) is 21.8 Å². The van der Waals surface area contributed by atoms with Crippen LogP contribution >= 0.6 is 0 Å². The molecule has 0 aliphatic rings. The molecule has 0 spiro atoms. The first-order chi connectivity index (χ1) is 12.5. The maximum absolute atomic E-state index is 12.6. The minimum atomic E-state index is -0.499. The van der Waals surface area contributed by atoms with Gasteiger partial charge in [-0.25, -0.2) is 4.68 Å². The molecule has 1 N–H and O–H groups in total. The molecule has 0 bridgehead atoms. The highest BCUT2D eigenvalue weighted by Gasteiger charge is 2.13. The molecule has 9 heteroatoms. The predicted octanol–water partition coefficient (Wildman–Crippen LogP) is 3.81. The first kappa shape index (κ1) is 17.1.